The molecule has 0 fully saturated rings. The summed E-state index contributed by atoms with van der Waals surface area (Å²) in [6, 6.07) is 19.7. The maximum Gasteiger partial charge on any atom is 0.255 e. The Morgan fingerprint density at radius 2 is 1.56 bits per heavy atom. The first kappa shape index (κ1) is 24.3. The molecule has 0 radical (unpaired) electrons. The number of aromatic nitrogens is 1. The largest absolute Gasteiger partial charge is 0.493 e. The fourth-order valence-electron chi connectivity index (χ4n) is 3.71. The lowest BCUT2D eigenvalue weighted by Crippen LogP contribution is -2.20. The smallest absolute Gasteiger partial charge is 0.255 e. The number of nitrogens with zero attached hydrogens (tertiary/aromatic N) is 1. The molecule has 36 heavy (non-hydrogen) atoms. The molecule has 0 bridgehead atoms. The highest BCUT2D eigenvalue weighted by molar-refractivity contribution is 6.06. The summed E-state index contributed by atoms with van der Waals surface area (Å²) in [7, 11) is 4.45. The summed E-state index contributed by atoms with van der Waals surface area (Å²) in [6.07, 6.45) is 0. The first-order valence-electron chi connectivity index (χ1n) is 11.0. The molecule has 0 aliphatic rings. The minimum atomic E-state index is -0.604. The van der Waals surface area contributed by atoms with Gasteiger partial charge in [-0.05, 0) is 30.3 Å². The van der Waals surface area contributed by atoms with Crippen LogP contribution in [0.4, 0.5) is 5.69 Å². The van der Waals surface area contributed by atoms with Crippen LogP contribution in [-0.2, 0) is 4.79 Å². The van der Waals surface area contributed by atoms with Crippen LogP contribution < -0.4 is 30.0 Å². The molecule has 0 atom stereocenters. The summed E-state index contributed by atoms with van der Waals surface area (Å²) < 4.78 is 21.7. The number of carbonyl (C=O) groups is 2. The summed E-state index contributed by atoms with van der Waals surface area (Å²) in [5, 5.41) is 3.47. The molecule has 0 saturated heterocycles. The minimum absolute atomic E-state index is 0.296. The Morgan fingerprint density at radius 3 is 2.17 bits per heavy atom. The van der Waals surface area contributed by atoms with Crippen molar-refractivity contribution >= 4 is 28.4 Å². The molecular weight excluding hydrogens is 462 g/mol. The first-order chi connectivity index (χ1) is 17.4. The minimum Gasteiger partial charge on any atom is -0.493 e. The second kappa shape index (κ2) is 10.6. The lowest BCUT2D eigenvalue weighted by Gasteiger charge is -2.15. The third-order valence-corrected chi connectivity index (χ3v) is 5.39. The van der Waals surface area contributed by atoms with Gasteiger partial charge < -0.3 is 30.0 Å². The molecular formula is C27H25N3O6. The highest BCUT2D eigenvalue weighted by Gasteiger charge is 2.18. The maximum absolute atomic E-state index is 13.1. The van der Waals surface area contributed by atoms with Gasteiger partial charge in [-0.3, -0.25) is 9.59 Å². The number of hydrogen-bond donors (Lipinski definition) is 2. The van der Waals surface area contributed by atoms with Gasteiger partial charge in [-0.25, -0.2) is 4.98 Å². The molecule has 1 aromatic heterocycles. The number of nitrogens with one attached hydrogen (secondary N) is 1. The van der Waals surface area contributed by atoms with E-state index < -0.39 is 5.91 Å². The molecule has 0 spiro atoms. The zero-order chi connectivity index (χ0) is 25.7. The normalized spacial score (nSPS) is 10.5. The van der Waals surface area contributed by atoms with E-state index in [1.54, 1.807) is 36.4 Å². The number of primary amides is 1. The molecule has 1 heterocycles. The second-order valence-corrected chi connectivity index (χ2v) is 7.73. The van der Waals surface area contributed by atoms with Gasteiger partial charge in [0, 0.05) is 28.3 Å². The number of rotatable bonds is 9. The van der Waals surface area contributed by atoms with Crippen molar-refractivity contribution in [2.24, 2.45) is 5.73 Å². The molecule has 184 valence electrons. The highest BCUT2D eigenvalue weighted by Crippen LogP contribution is 2.38. The van der Waals surface area contributed by atoms with Crippen LogP contribution in [0.15, 0.2) is 66.7 Å². The van der Waals surface area contributed by atoms with Crippen molar-refractivity contribution in [1.82, 2.24) is 4.98 Å². The summed E-state index contributed by atoms with van der Waals surface area (Å²) >= 11 is 0. The van der Waals surface area contributed by atoms with E-state index in [2.05, 4.69) is 5.32 Å². The van der Waals surface area contributed by atoms with Crippen molar-refractivity contribution in [3.8, 4) is 34.3 Å². The van der Waals surface area contributed by atoms with Crippen molar-refractivity contribution in [1.29, 1.82) is 0 Å². The van der Waals surface area contributed by atoms with Crippen LogP contribution in [0.1, 0.15) is 10.4 Å². The van der Waals surface area contributed by atoms with Gasteiger partial charge in [-0.1, -0.05) is 30.3 Å². The van der Waals surface area contributed by atoms with Crippen molar-refractivity contribution in [2.75, 3.05) is 33.3 Å². The fourth-order valence-corrected chi connectivity index (χ4v) is 3.71. The van der Waals surface area contributed by atoms with E-state index in [1.807, 2.05) is 30.3 Å². The van der Waals surface area contributed by atoms with E-state index in [0.29, 0.717) is 50.8 Å². The molecule has 0 aliphatic carbocycles. The maximum atomic E-state index is 13.1. The molecule has 4 aromatic rings. The van der Waals surface area contributed by atoms with Crippen LogP contribution >= 0.6 is 0 Å². The number of pyridine rings is 1. The molecule has 2 amide bonds. The number of anilines is 1. The highest BCUT2D eigenvalue weighted by atomic mass is 16.5. The SMILES string of the molecule is COc1cc(C(=O)Nc2ccc3nc(-c4ccccc4)cc(OCC(N)=O)c3c2)cc(OC)c1OC. The quantitative estimate of drug-likeness (QED) is 0.365. The average molecular weight is 488 g/mol. The Balaban J connectivity index is 1.71. The van der Waals surface area contributed by atoms with E-state index in [-0.39, 0.29) is 12.5 Å². The lowest BCUT2D eigenvalue weighted by molar-refractivity contribution is -0.119. The summed E-state index contributed by atoms with van der Waals surface area (Å²) in [5.41, 5.74) is 8.30. The monoisotopic (exact) mass is 487 g/mol. The van der Waals surface area contributed by atoms with E-state index in [4.69, 9.17) is 29.7 Å². The van der Waals surface area contributed by atoms with E-state index in [0.717, 1.165) is 5.56 Å². The molecule has 4 rings (SSSR count). The van der Waals surface area contributed by atoms with Gasteiger partial charge in [-0.2, -0.15) is 0 Å². The molecule has 9 nitrogen and oxygen atoms in total. The Kier molecular flexibility index (Phi) is 7.20. The standard InChI is InChI=1S/C27H25N3O6/c1-33-23-11-17(12-24(34-2)26(23)35-3)27(32)29-18-9-10-20-19(13-18)22(36-15-25(28)31)14-21(30-20)16-7-5-4-6-8-16/h4-14H,15H2,1-3H3,(H2,28,31)(H,29,32). The summed E-state index contributed by atoms with van der Waals surface area (Å²) in [5.74, 6) is 0.538. The predicted octanol–water partition coefficient (Wildman–Crippen LogP) is 4.04. The number of carbonyl (C=O) groups excluding carboxylic acids is 2. The molecule has 0 aliphatic heterocycles. The van der Waals surface area contributed by atoms with Crippen LogP contribution in [-0.4, -0.2) is 44.7 Å². The van der Waals surface area contributed by atoms with Gasteiger partial charge in [-0.15, -0.1) is 0 Å². The molecule has 3 aromatic carbocycles. The summed E-state index contributed by atoms with van der Waals surface area (Å²) in [4.78, 5) is 29.2. The molecule has 0 saturated carbocycles. The molecule has 9 heteroatoms. The molecule has 3 N–H and O–H groups in total. The zero-order valence-electron chi connectivity index (χ0n) is 20.0. The van der Waals surface area contributed by atoms with E-state index in [9.17, 15) is 9.59 Å². The molecule has 0 unspecified atom stereocenters. The number of benzene rings is 3. The Labute approximate surface area is 207 Å². The van der Waals surface area contributed by atoms with Crippen LogP contribution in [0, 0.1) is 0 Å². The van der Waals surface area contributed by atoms with Crippen LogP contribution in [0.3, 0.4) is 0 Å². The summed E-state index contributed by atoms with van der Waals surface area (Å²) in [6.45, 7) is -0.296. The predicted molar refractivity (Wildman–Crippen MR) is 136 cm³/mol. The van der Waals surface area contributed by atoms with Gasteiger partial charge in [0.25, 0.3) is 11.8 Å². The number of methoxy groups -OCH3 is 3. The number of amides is 2. The third kappa shape index (κ3) is 5.15. The lowest BCUT2D eigenvalue weighted by atomic mass is 10.1. The van der Waals surface area contributed by atoms with Crippen LogP contribution in [0.25, 0.3) is 22.2 Å². The van der Waals surface area contributed by atoms with Crippen molar-refractivity contribution in [3.63, 3.8) is 0 Å². The average Bonchev–Trinajstić information content (AvgIpc) is 2.91. The number of hydrogen-bond acceptors (Lipinski definition) is 7. The van der Waals surface area contributed by atoms with Gasteiger partial charge in [0.1, 0.15) is 5.75 Å². The number of nitrogens with two attached hydrogens (primary N) is 1. The number of ether oxygens (including phenoxy) is 4. The van der Waals surface area contributed by atoms with Crippen LogP contribution in [0.2, 0.25) is 0 Å². The topological polar surface area (TPSA) is 122 Å². The van der Waals surface area contributed by atoms with E-state index >= 15 is 0 Å². The van der Waals surface area contributed by atoms with Gasteiger partial charge in [0.05, 0.1) is 32.5 Å². The van der Waals surface area contributed by atoms with Crippen LogP contribution in [0.5, 0.6) is 23.0 Å². The van der Waals surface area contributed by atoms with Crippen molar-refractivity contribution in [2.45, 2.75) is 0 Å². The Bertz CT molecular complexity index is 1400. The van der Waals surface area contributed by atoms with E-state index in [1.165, 1.54) is 21.3 Å². The van der Waals surface area contributed by atoms with Gasteiger partial charge in [0.2, 0.25) is 5.75 Å². The third-order valence-electron chi connectivity index (χ3n) is 5.39. The first-order valence-corrected chi connectivity index (χ1v) is 11.0. The second-order valence-electron chi connectivity index (χ2n) is 7.73. The Hall–Kier alpha value is -4.79. The number of fused-ring (bicyclic) bond motifs is 1. The van der Waals surface area contributed by atoms with Gasteiger partial charge >= 0.3 is 0 Å². The fraction of sp³-hybridized carbons (Fsp3) is 0.148. The van der Waals surface area contributed by atoms with Gasteiger partial charge in [0.15, 0.2) is 18.1 Å². The zero-order valence-corrected chi connectivity index (χ0v) is 20.0. The Morgan fingerprint density at radius 1 is 0.861 bits per heavy atom. The van der Waals surface area contributed by atoms with Crippen molar-refractivity contribution in [3.05, 3.63) is 72.3 Å². The van der Waals surface area contributed by atoms with Crippen molar-refractivity contribution < 1.29 is 28.5 Å².